The second-order valence-corrected chi connectivity index (χ2v) is 7.09. The van der Waals surface area contributed by atoms with Gasteiger partial charge in [0.2, 0.25) is 0 Å². The normalized spacial score (nSPS) is 22.4. The van der Waals surface area contributed by atoms with Crippen LogP contribution in [0.15, 0.2) is 30.3 Å². The van der Waals surface area contributed by atoms with Crippen molar-refractivity contribution in [1.82, 2.24) is 4.31 Å². The van der Waals surface area contributed by atoms with Crippen LogP contribution in [0.2, 0.25) is 0 Å². The van der Waals surface area contributed by atoms with Crippen LogP contribution in [0.5, 0.6) is 0 Å². The van der Waals surface area contributed by atoms with Crippen LogP contribution >= 0.6 is 0 Å². The number of carbonyl (C=O) groups is 1. The van der Waals surface area contributed by atoms with E-state index in [1.54, 1.807) is 30.3 Å². The molecule has 0 saturated carbocycles. The van der Waals surface area contributed by atoms with Gasteiger partial charge in [-0.25, -0.2) is 12.7 Å². The summed E-state index contributed by atoms with van der Waals surface area (Å²) in [5, 5.41) is 9.38. The monoisotopic (exact) mass is 269 g/mol. The number of nitrogens with zero attached hydrogens (tertiary/aromatic N) is 1. The summed E-state index contributed by atoms with van der Waals surface area (Å²) in [6.07, 6.45) is 0. The fourth-order valence-corrected chi connectivity index (χ4v) is 3.64. The number of benzene rings is 1. The van der Waals surface area contributed by atoms with Crippen LogP contribution in [0.25, 0.3) is 0 Å². The van der Waals surface area contributed by atoms with E-state index in [1.807, 2.05) is 0 Å². The van der Waals surface area contributed by atoms with Crippen molar-refractivity contribution < 1.29 is 18.3 Å². The highest BCUT2D eigenvalue weighted by atomic mass is 32.2. The number of aliphatic hydroxyl groups is 1. The van der Waals surface area contributed by atoms with Gasteiger partial charge >= 0.3 is 0 Å². The SMILES string of the molecule is CC1(C)C(=O)N([C@H](CO)c2ccccc2)S1(=O)=O. The smallest absolute Gasteiger partial charge is 0.259 e. The third-order valence-electron chi connectivity index (χ3n) is 3.26. The molecule has 0 radical (unpaired) electrons. The number of sulfonamides is 1. The molecule has 0 aromatic heterocycles. The van der Waals surface area contributed by atoms with Crippen molar-refractivity contribution in [1.29, 1.82) is 0 Å². The van der Waals surface area contributed by atoms with Gasteiger partial charge in [0.25, 0.3) is 15.9 Å². The highest BCUT2D eigenvalue weighted by Gasteiger charge is 2.62. The van der Waals surface area contributed by atoms with Gasteiger partial charge in [0.15, 0.2) is 4.75 Å². The van der Waals surface area contributed by atoms with E-state index >= 15 is 0 Å². The van der Waals surface area contributed by atoms with Crippen LogP contribution < -0.4 is 0 Å². The zero-order valence-corrected chi connectivity index (χ0v) is 11.0. The Morgan fingerprint density at radius 2 is 1.83 bits per heavy atom. The Hall–Kier alpha value is -1.40. The molecule has 1 saturated heterocycles. The predicted octanol–water partition coefficient (Wildman–Crippen LogP) is 0.671. The molecule has 5 nitrogen and oxygen atoms in total. The topological polar surface area (TPSA) is 74.7 Å². The van der Waals surface area contributed by atoms with Gasteiger partial charge in [-0.2, -0.15) is 0 Å². The van der Waals surface area contributed by atoms with E-state index in [9.17, 15) is 18.3 Å². The Kier molecular flexibility index (Phi) is 2.95. The van der Waals surface area contributed by atoms with Crippen molar-refractivity contribution in [2.75, 3.05) is 6.61 Å². The van der Waals surface area contributed by atoms with Gasteiger partial charge < -0.3 is 5.11 Å². The largest absolute Gasteiger partial charge is 0.394 e. The number of hydrogen-bond donors (Lipinski definition) is 1. The average molecular weight is 269 g/mol. The minimum absolute atomic E-state index is 0.426. The second-order valence-electron chi connectivity index (χ2n) is 4.73. The summed E-state index contributed by atoms with van der Waals surface area (Å²) in [5.74, 6) is -0.481. The number of carbonyl (C=O) groups excluding carboxylic acids is 1. The summed E-state index contributed by atoms with van der Waals surface area (Å²) < 4.78 is 23.5. The van der Waals surface area contributed by atoms with Crippen molar-refractivity contribution >= 4 is 15.9 Å². The van der Waals surface area contributed by atoms with Crippen LogP contribution in [0.4, 0.5) is 0 Å². The van der Waals surface area contributed by atoms with Gasteiger partial charge in [-0.05, 0) is 19.4 Å². The van der Waals surface area contributed by atoms with E-state index < -0.39 is 33.3 Å². The Balaban J connectivity index is 2.41. The van der Waals surface area contributed by atoms with Crippen LogP contribution in [0, 0.1) is 0 Å². The zero-order chi connectivity index (χ0) is 13.6. The molecule has 1 aliphatic heterocycles. The fraction of sp³-hybridized carbons (Fsp3) is 0.417. The Morgan fingerprint density at radius 1 is 1.28 bits per heavy atom. The van der Waals surface area contributed by atoms with Gasteiger partial charge in [0.05, 0.1) is 12.6 Å². The maximum absolute atomic E-state index is 12.0. The first-order valence-corrected chi connectivity index (χ1v) is 7.02. The van der Waals surface area contributed by atoms with E-state index in [2.05, 4.69) is 0 Å². The lowest BCUT2D eigenvalue weighted by molar-refractivity contribution is -0.134. The third-order valence-corrected chi connectivity index (χ3v) is 5.66. The lowest BCUT2D eigenvalue weighted by Crippen LogP contribution is -2.68. The van der Waals surface area contributed by atoms with Crippen LogP contribution in [0.1, 0.15) is 25.5 Å². The molecule has 0 spiro atoms. The maximum Gasteiger partial charge on any atom is 0.259 e. The quantitative estimate of drug-likeness (QED) is 0.875. The molecule has 2 rings (SSSR count). The molecule has 1 amide bonds. The Morgan fingerprint density at radius 3 is 2.28 bits per heavy atom. The van der Waals surface area contributed by atoms with Crippen LogP contribution in [-0.4, -0.2) is 35.1 Å². The summed E-state index contributed by atoms with van der Waals surface area (Å²) in [5.41, 5.74) is 0.604. The molecule has 0 unspecified atom stereocenters. The van der Waals surface area contributed by atoms with Crippen LogP contribution in [-0.2, 0) is 14.8 Å². The molecule has 1 fully saturated rings. The average Bonchev–Trinajstić information content (AvgIpc) is 2.35. The van der Waals surface area contributed by atoms with E-state index in [4.69, 9.17) is 0 Å². The first-order chi connectivity index (χ1) is 8.34. The van der Waals surface area contributed by atoms with Crippen LogP contribution in [0.3, 0.4) is 0 Å². The maximum atomic E-state index is 12.0. The zero-order valence-electron chi connectivity index (χ0n) is 10.2. The number of hydrogen-bond acceptors (Lipinski definition) is 4. The number of aliphatic hydroxyl groups excluding tert-OH is 1. The number of amides is 1. The predicted molar refractivity (Wildman–Crippen MR) is 66.1 cm³/mol. The third kappa shape index (κ3) is 1.56. The molecular weight excluding hydrogens is 254 g/mol. The molecule has 1 aromatic rings. The molecule has 18 heavy (non-hydrogen) atoms. The summed E-state index contributed by atoms with van der Waals surface area (Å²) in [4.78, 5) is 11.9. The van der Waals surface area contributed by atoms with Gasteiger partial charge in [0, 0.05) is 0 Å². The second kappa shape index (κ2) is 4.07. The van der Waals surface area contributed by atoms with E-state index in [0.29, 0.717) is 5.56 Å². The highest BCUT2D eigenvalue weighted by Crippen LogP contribution is 2.41. The first kappa shape index (κ1) is 13.0. The van der Waals surface area contributed by atoms with Crippen molar-refractivity contribution in [3.8, 4) is 0 Å². The Bertz CT molecular complexity index is 565. The van der Waals surface area contributed by atoms with Crippen molar-refractivity contribution in [3.63, 3.8) is 0 Å². The lowest BCUT2D eigenvalue weighted by Gasteiger charge is -2.46. The summed E-state index contributed by atoms with van der Waals surface area (Å²) in [6.45, 7) is 2.33. The van der Waals surface area contributed by atoms with E-state index in [-0.39, 0.29) is 0 Å². The van der Waals surface area contributed by atoms with Crippen molar-refractivity contribution in [3.05, 3.63) is 35.9 Å². The molecule has 98 valence electrons. The molecule has 1 N–H and O–H groups in total. The van der Waals surface area contributed by atoms with Crippen molar-refractivity contribution in [2.45, 2.75) is 24.6 Å². The molecular formula is C12H15NO4S. The summed E-state index contributed by atoms with van der Waals surface area (Å²) in [6, 6.07) is 7.80. The molecule has 0 aliphatic carbocycles. The molecule has 1 aliphatic rings. The minimum atomic E-state index is -3.69. The van der Waals surface area contributed by atoms with Crippen molar-refractivity contribution in [2.24, 2.45) is 0 Å². The number of rotatable bonds is 3. The molecule has 1 atom stereocenters. The highest BCUT2D eigenvalue weighted by molar-refractivity contribution is 7.94. The van der Waals surface area contributed by atoms with Gasteiger partial charge in [-0.1, -0.05) is 30.3 Å². The van der Waals surface area contributed by atoms with Gasteiger partial charge in [0.1, 0.15) is 0 Å². The molecule has 6 heteroatoms. The molecule has 1 aromatic carbocycles. The van der Waals surface area contributed by atoms with Gasteiger partial charge in [-0.3, -0.25) is 4.79 Å². The van der Waals surface area contributed by atoms with E-state index in [1.165, 1.54) is 13.8 Å². The van der Waals surface area contributed by atoms with E-state index in [0.717, 1.165) is 4.31 Å². The van der Waals surface area contributed by atoms with Gasteiger partial charge in [-0.15, -0.1) is 0 Å². The molecule has 1 heterocycles. The minimum Gasteiger partial charge on any atom is -0.394 e. The lowest BCUT2D eigenvalue weighted by atomic mass is 10.1. The Labute approximate surface area is 106 Å². The standard InChI is InChI=1S/C12H15NO4S/c1-12(2)11(15)13(18(12,16)17)10(8-14)9-6-4-3-5-7-9/h3-7,10,14H,8H2,1-2H3/t10-/m1/s1. The first-order valence-electron chi connectivity index (χ1n) is 5.58. The molecule has 0 bridgehead atoms. The summed E-state index contributed by atoms with van der Waals surface area (Å²) >= 11 is 0. The fourth-order valence-electron chi connectivity index (χ4n) is 1.99. The summed E-state index contributed by atoms with van der Waals surface area (Å²) in [7, 11) is -3.69.